The van der Waals surface area contributed by atoms with E-state index in [4.69, 9.17) is 16.3 Å². The molecule has 0 saturated heterocycles. The summed E-state index contributed by atoms with van der Waals surface area (Å²) in [5, 5.41) is 0.695. The molecule has 0 radical (unpaired) electrons. The maximum absolute atomic E-state index is 12.7. The maximum atomic E-state index is 12.7. The van der Waals surface area contributed by atoms with Crippen molar-refractivity contribution in [2.24, 2.45) is 4.99 Å². The average molecular weight is 387 g/mol. The maximum Gasteiger partial charge on any atom is 0.283 e. The number of aryl methyl sites for hydroxylation is 1. The molecule has 0 aliphatic heterocycles. The fourth-order valence-electron chi connectivity index (χ4n) is 2.84. The van der Waals surface area contributed by atoms with Gasteiger partial charge in [0.1, 0.15) is 5.75 Å². The molecule has 1 amide bonds. The Morgan fingerprint density at radius 1 is 1.19 bits per heavy atom. The molecule has 0 unspecified atom stereocenters. The van der Waals surface area contributed by atoms with Gasteiger partial charge in [-0.25, -0.2) is 0 Å². The number of aromatic nitrogens is 1. The number of ether oxygens (including phenoxy) is 1. The molecule has 0 aliphatic carbocycles. The Labute approximate surface area is 161 Å². The van der Waals surface area contributed by atoms with Gasteiger partial charge >= 0.3 is 0 Å². The summed E-state index contributed by atoms with van der Waals surface area (Å²) in [5.41, 5.74) is 2.56. The molecule has 0 aliphatic rings. The van der Waals surface area contributed by atoms with Crippen molar-refractivity contribution in [3.05, 3.63) is 68.8 Å². The first-order chi connectivity index (χ1) is 12.5. The van der Waals surface area contributed by atoms with E-state index in [1.54, 1.807) is 25.3 Å². The minimum absolute atomic E-state index is 0.312. The molecule has 6 heteroatoms. The molecule has 0 atom stereocenters. The fourth-order valence-corrected chi connectivity index (χ4v) is 4.02. The largest absolute Gasteiger partial charge is 0.496 e. The number of para-hydroxylation sites is 1. The van der Waals surface area contributed by atoms with Gasteiger partial charge in [0.2, 0.25) is 0 Å². The summed E-state index contributed by atoms with van der Waals surface area (Å²) in [6.07, 6.45) is 0. The van der Waals surface area contributed by atoms with E-state index in [1.807, 2.05) is 44.2 Å². The predicted octanol–water partition coefficient (Wildman–Crippen LogP) is 4.95. The highest BCUT2D eigenvalue weighted by atomic mass is 35.5. The van der Waals surface area contributed by atoms with Crippen LogP contribution in [0, 0.1) is 6.92 Å². The lowest BCUT2D eigenvalue weighted by Gasteiger charge is -2.08. The number of methoxy groups -OCH3 is 1. The second kappa shape index (κ2) is 7.89. The van der Waals surface area contributed by atoms with Crippen LogP contribution in [-0.4, -0.2) is 17.6 Å². The minimum atomic E-state index is -0.312. The lowest BCUT2D eigenvalue weighted by atomic mass is 10.1. The van der Waals surface area contributed by atoms with Gasteiger partial charge in [0.25, 0.3) is 5.91 Å². The van der Waals surface area contributed by atoms with Crippen LogP contribution in [0.5, 0.6) is 5.75 Å². The fraction of sp³-hybridized carbons (Fsp3) is 0.200. The lowest BCUT2D eigenvalue weighted by molar-refractivity contribution is 0.0995. The van der Waals surface area contributed by atoms with Gasteiger partial charge in [-0.1, -0.05) is 35.9 Å². The second-order valence-electron chi connectivity index (χ2n) is 5.66. The van der Waals surface area contributed by atoms with Crippen LogP contribution in [0.4, 0.5) is 0 Å². The summed E-state index contributed by atoms with van der Waals surface area (Å²) in [6, 6.07) is 14.8. The lowest BCUT2D eigenvalue weighted by Crippen LogP contribution is -2.17. The van der Waals surface area contributed by atoms with Crippen LogP contribution in [0.2, 0.25) is 5.02 Å². The first-order valence-corrected chi connectivity index (χ1v) is 9.42. The molecule has 0 bridgehead atoms. The molecule has 3 rings (SSSR count). The number of amides is 1. The average Bonchev–Trinajstić information content (AvgIpc) is 2.97. The number of halogens is 1. The predicted molar refractivity (Wildman–Crippen MR) is 106 cm³/mol. The van der Waals surface area contributed by atoms with Crippen LogP contribution >= 0.6 is 22.9 Å². The van der Waals surface area contributed by atoms with Crippen molar-refractivity contribution in [1.29, 1.82) is 0 Å². The molecule has 0 fully saturated rings. The molecule has 0 saturated carbocycles. The van der Waals surface area contributed by atoms with E-state index in [-0.39, 0.29) is 5.91 Å². The number of carbonyl (C=O) groups excluding carboxylic acids is 1. The van der Waals surface area contributed by atoms with Crippen LogP contribution in [0.3, 0.4) is 0 Å². The summed E-state index contributed by atoms with van der Waals surface area (Å²) >= 11 is 7.51. The molecule has 134 valence electrons. The number of rotatable bonds is 4. The summed E-state index contributed by atoms with van der Waals surface area (Å²) < 4.78 is 7.33. The smallest absolute Gasteiger partial charge is 0.283 e. The summed E-state index contributed by atoms with van der Waals surface area (Å²) in [6.45, 7) is 4.78. The Morgan fingerprint density at radius 3 is 2.54 bits per heavy atom. The van der Waals surface area contributed by atoms with E-state index in [1.165, 1.54) is 11.3 Å². The van der Waals surface area contributed by atoms with Gasteiger partial charge in [-0.3, -0.25) is 4.79 Å². The second-order valence-corrected chi connectivity index (χ2v) is 7.28. The zero-order valence-corrected chi connectivity index (χ0v) is 16.4. The number of hydrogen-bond donors (Lipinski definition) is 0. The van der Waals surface area contributed by atoms with E-state index in [2.05, 4.69) is 9.56 Å². The third-order valence-corrected chi connectivity index (χ3v) is 5.29. The Bertz CT molecular complexity index is 1000. The molecular formula is C20H19ClN2O2S. The van der Waals surface area contributed by atoms with Gasteiger partial charge in [-0.05, 0) is 43.7 Å². The Kier molecular flexibility index (Phi) is 5.59. The number of thiazole rings is 1. The zero-order chi connectivity index (χ0) is 18.7. The van der Waals surface area contributed by atoms with Crippen molar-refractivity contribution in [1.82, 2.24) is 4.57 Å². The van der Waals surface area contributed by atoms with Crippen molar-refractivity contribution in [3.8, 4) is 17.0 Å². The molecular weight excluding hydrogens is 368 g/mol. The molecule has 4 nitrogen and oxygen atoms in total. The van der Waals surface area contributed by atoms with Crippen LogP contribution in [0.1, 0.15) is 22.2 Å². The monoisotopic (exact) mass is 386 g/mol. The van der Waals surface area contributed by atoms with Crippen LogP contribution in [-0.2, 0) is 6.54 Å². The summed E-state index contributed by atoms with van der Waals surface area (Å²) in [7, 11) is 1.55. The first-order valence-electron chi connectivity index (χ1n) is 8.23. The summed E-state index contributed by atoms with van der Waals surface area (Å²) in [4.78, 5) is 18.8. The molecule has 26 heavy (non-hydrogen) atoms. The van der Waals surface area contributed by atoms with Gasteiger partial charge in [-0.15, -0.1) is 11.3 Å². The third-order valence-electron chi connectivity index (χ3n) is 4.05. The molecule has 3 aromatic rings. The molecule has 0 spiro atoms. The van der Waals surface area contributed by atoms with Crippen molar-refractivity contribution in [3.63, 3.8) is 0 Å². The third kappa shape index (κ3) is 3.59. The Morgan fingerprint density at radius 2 is 1.88 bits per heavy atom. The standard InChI is InChI=1S/C20H19ClN2O2S/c1-4-23-18(14-9-11-15(21)12-10-14)13(2)26-20(23)22-19(24)16-7-5-6-8-17(16)25-3/h5-12H,4H2,1-3H3. The molecule has 1 heterocycles. The SMILES string of the molecule is CCn1c(-c2ccc(Cl)cc2)c(C)sc1=NC(=O)c1ccccc1OC. The highest BCUT2D eigenvalue weighted by molar-refractivity contribution is 7.09. The molecule has 0 N–H and O–H groups in total. The van der Waals surface area contributed by atoms with Gasteiger partial charge in [-0.2, -0.15) is 4.99 Å². The van der Waals surface area contributed by atoms with E-state index in [9.17, 15) is 4.79 Å². The van der Waals surface area contributed by atoms with Crippen LogP contribution < -0.4 is 9.54 Å². The van der Waals surface area contributed by atoms with E-state index < -0.39 is 0 Å². The van der Waals surface area contributed by atoms with Crippen molar-refractivity contribution in [2.75, 3.05) is 7.11 Å². The number of nitrogens with zero attached hydrogens (tertiary/aromatic N) is 2. The van der Waals surface area contributed by atoms with Crippen molar-refractivity contribution in [2.45, 2.75) is 20.4 Å². The van der Waals surface area contributed by atoms with Crippen molar-refractivity contribution < 1.29 is 9.53 Å². The summed E-state index contributed by atoms with van der Waals surface area (Å²) in [5.74, 6) is 0.212. The number of hydrogen-bond acceptors (Lipinski definition) is 3. The highest BCUT2D eigenvalue weighted by Gasteiger charge is 2.15. The van der Waals surface area contributed by atoms with Gasteiger partial charge < -0.3 is 9.30 Å². The molecule has 1 aromatic heterocycles. The normalized spacial score (nSPS) is 11.6. The van der Waals surface area contributed by atoms with Gasteiger partial charge in [0.15, 0.2) is 4.80 Å². The Hall–Kier alpha value is -2.37. The first kappa shape index (κ1) is 18.4. The van der Waals surface area contributed by atoms with Gasteiger partial charge in [0.05, 0.1) is 18.4 Å². The van der Waals surface area contributed by atoms with E-state index in [0.29, 0.717) is 27.7 Å². The minimum Gasteiger partial charge on any atom is -0.496 e. The van der Waals surface area contributed by atoms with Gasteiger partial charge in [0, 0.05) is 16.4 Å². The van der Waals surface area contributed by atoms with E-state index >= 15 is 0 Å². The number of benzene rings is 2. The van der Waals surface area contributed by atoms with E-state index in [0.717, 1.165) is 16.1 Å². The van der Waals surface area contributed by atoms with Crippen LogP contribution in [0.15, 0.2) is 53.5 Å². The Balaban J connectivity index is 2.11. The topological polar surface area (TPSA) is 43.6 Å². The van der Waals surface area contributed by atoms with Crippen LogP contribution in [0.25, 0.3) is 11.3 Å². The quantitative estimate of drug-likeness (QED) is 0.636. The number of carbonyl (C=O) groups is 1. The molecule has 2 aromatic carbocycles. The van der Waals surface area contributed by atoms with Crippen molar-refractivity contribution >= 4 is 28.8 Å². The highest BCUT2D eigenvalue weighted by Crippen LogP contribution is 2.27. The zero-order valence-electron chi connectivity index (χ0n) is 14.8.